The van der Waals surface area contributed by atoms with Gasteiger partial charge in [0, 0.05) is 24.8 Å². The van der Waals surface area contributed by atoms with Crippen LogP contribution in [0.1, 0.15) is 32.1 Å². The molecule has 0 bridgehead atoms. The number of benzene rings is 1. The van der Waals surface area contributed by atoms with Crippen LogP contribution in [0.3, 0.4) is 0 Å². The minimum atomic E-state index is -0.417. The molecule has 1 aliphatic heterocycles. The summed E-state index contributed by atoms with van der Waals surface area (Å²) in [4.78, 5) is 25.3. The fourth-order valence-corrected chi connectivity index (χ4v) is 3.36. The van der Waals surface area contributed by atoms with Crippen LogP contribution in [0.15, 0.2) is 24.3 Å². The zero-order chi connectivity index (χ0) is 15.5. The molecule has 1 amide bonds. The molecule has 2 fully saturated rings. The van der Waals surface area contributed by atoms with E-state index in [4.69, 9.17) is 4.74 Å². The minimum absolute atomic E-state index is 0.0240. The van der Waals surface area contributed by atoms with Gasteiger partial charge in [-0.2, -0.15) is 0 Å². The molecule has 1 heterocycles. The summed E-state index contributed by atoms with van der Waals surface area (Å²) in [7, 11) is 0. The number of rotatable bonds is 4. The van der Waals surface area contributed by atoms with Gasteiger partial charge in [0.1, 0.15) is 0 Å². The van der Waals surface area contributed by atoms with E-state index in [1.807, 2.05) is 0 Å². The van der Waals surface area contributed by atoms with Crippen LogP contribution < -0.4 is 4.90 Å². The van der Waals surface area contributed by atoms with Crippen LogP contribution in [0.5, 0.6) is 0 Å². The third kappa shape index (κ3) is 2.97. The van der Waals surface area contributed by atoms with Gasteiger partial charge in [-0.1, -0.05) is 18.9 Å². The van der Waals surface area contributed by atoms with Crippen LogP contribution in [0.25, 0.3) is 0 Å². The molecule has 0 radical (unpaired) electrons. The quantitative estimate of drug-likeness (QED) is 0.633. The van der Waals surface area contributed by atoms with Gasteiger partial charge in [-0.25, -0.2) is 0 Å². The number of hydrogen-bond donors (Lipinski definition) is 0. The predicted octanol–water partition coefficient (Wildman–Crippen LogP) is 2.91. The highest BCUT2D eigenvalue weighted by Gasteiger charge is 2.34. The van der Waals surface area contributed by atoms with Gasteiger partial charge in [-0.3, -0.25) is 14.9 Å². The molecule has 1 aliphatic carbocycles. The van der Waals surface area contributed by atoms with Crippen molar-refractivity contribution in [2.75, 3.05) is 18.1 Å². The van der Waals surface area contributed by atoms with Crippen molar-refractivity contribution in [2.24, 2.45) is 5.92 Å². The van der Waals surface area contributed by atoms with Gasteiger partial charge in [0.15, 0.2) is 0 Å². The number of nitrogens with zero attached hydrogens (tertiary/aromatic N) is 2. The Bertz CT molecular complexity index is 563. The second-order valence-corrected chi connectivity index (χ2v) is 5.98. The number of nitro benzene ring substituents is 1. The summed E-state index contributed by atoms with van der Waals surface area (Å²) < 4.78 is 5.33. The number of ether oxygens (including phenoxy) is 1. The number of nitro groups is 1. The van der Waals surface area contributed by atoms with Gasteiger partial charge >= 0.3 is 0 Å². The lowest BCUT2D eigenvalue weighted by molar-refractivity contribution is -0.384. The molecule has 22 heavy (non-hydrogen) atoms. The van der Waals surface area contributed by atoms with E-state index in [1.54, 1.807) is 17.0 Å². The molecule has 1 unspecified atom stereocenters. The van der Waals surface area contributed by atoms with E-state index >= 15 is 0 Å². The molecule has 0 spiro atoms. The van der Waals surface area contributed by atoms with Crippen molar-refractivity contribution in [1.82, 2.24) is 0 Å². The second-order valence-electron chi connectivity index (χ2n) is 5.98. The fraction of sp³-hybridized carbons (Fsp3) is 0.562. The Kier molecular flexibility index (Phi) is 4.38. The molecular weight excluding hydrogens is 284 g/mol. The van der Waals surface area contributed by atoms with Crippen molar-refractivity contribution in [3.8, 4) is 0 Å². The van der Waals surface area contributed by atoms with Crippen molar-refractivity contribution in [3.63, 3.8) is 0 Å². The van der Waals surface area contributed by atoms with Gasteiger partial charge in [0.05, 0.1) is 23.1 Å². The molecule has 0 N–H and O–H groups in total. The largest absolute Gasteiger partial charge is 0.381 e. The highest BCUT2D eigenvalue weighted by atomic mass is 16.6. The second kappa shape index (κ2) is 6.44. The third-order valence-electron chi connectivity index (χ3n) is 4.52. The van der Waals surface area contributed by atoms with E-state index in [1.165, 1.54) is 12.1 Å². The van der Waals surface area contributed by atoms with Crippen molar-refractivity contribution in [1.29, 1.82) is 0 Å². The van der Waals surface area contributed by atoms with E-state index in [0.29, 0.717) is 18.9 Å². The van der Waals surface area contributed by atoms with Crippen LogP contribution in [0.4, 0.5) is 11.4 Å². The number of anilines is 1. The number of amides is 1. The van der Waals surface area contributed by atoms with Crippen molar-refractivity contribution in [2.45, 2.75) is 38.1 Å². The number of carbonyl (C=O) groups excluding carboxylic acids is 1. The number of carbonyl (C=O) groups is 1. The maximum atomic E-state index is 12.9. The first-order valence-electron chi connectivity index (χ1n) is 7.82. The van der Waals surface area contributed by atoms with Crippen molar-refractivity contribution >= 4 is 17.3 Å². The van der Waals surface area contributed by atoms with Crippen LogP contribution in [-0.4, -0.2) is 30.1 Å². The maximum Gasteiger partial charge on any atom is 0.271 e. The molecule has 6 heteroatoms. The molecule has 0 aromatic heterocycles. The summed E-state index contributed by atoms with van der Waals surface area (Å²) in [6.07, 6.45) is 4.86. The lowest BCUT2D eigenvalue weighted by Crippen LogP contribution is -2.43. The molecule has 2 aliphatic rings. The van der Waals surface area contributed by atoms with Crippen molar-refractivity contribution in [3.05, 3.63) is 34.4 Å². The van der Waals surface area contributed by atoms with Gasteiger partial charge in [0.25, 0.3) is 5.69 Å². The Morgan fingerprint density at radius 2 is 2.05 bits per heavy atom. The molecule has 1 saturated heterocycles. The molecule has 1 aromatic rings. The van der Waals surface area contributed by atoms with E-state index in [0.717, 1.165) is 32.1 Å². The first kappa shape index (κ1) is 15.0. The highest BCUT2D eigenvalue weighted by Crippen LogP contribution is 2.32. The standard InChI is InChI=1S/C16H20N2O4/c19-16(12-8-9-22-11-12)17(13-4-1-2-5-13)14-6-3-7-15(10-14)18(20)21/h3,6-7,10,12-13H,1-2,4-5,8-9,11H2. The number of non-ortho nitro benzene ring substituents is 1. The summed E-state index contributed by atoms with van der Waals surface area (Å²) >= 11 is 0. The highest BCUT2D eigenvalue weighted by molar-refractivity contribution is 5.96. The normalized spacial score (nSPS) is 21.9. The van der Waals surface area contributed by atoms with Crippen LogP contribution >= 0.6 is 0 Å². The Labute approximate surface area is 129 Å². The number of hydrogen-bond acceptors (Lipinski definition) is 4. The van der Waals surface area contributed by atoms with Gasteiger partial charge in [0.2, 0.25) is 5.91 Å². The average Bonchev–Trinajstić information content (AvgIpc) is 3.21. The predicted molar refractivity (Wildman–Crippen MR) is 81.8 cm³/mol. The molecule has 6 nitrogen and oxygen atoms in total. The smallest absolute Gasteiger partial charge is 0.271 e. The summed E-state index contributed by atoms with van der Waals surface area (Å²) in [6.45, 7) is 1.07. The van der Waals surface area contributed by atoms with E-state index < -0.39 is 4.92 Å². The lowest BCUT2D eigenvalue weighted by atomic mass is 10.0. The SMILES string of the molecule is O=C(C1CCOC1)N(c1cccc([N+](=O)[O-])c1)C1CCCC1. The van der Waals surface area contributed by atoms with Gasteiger partial charge < -0.3 is 9.64 Å². The minimum Gasteiger partial charge on any atom is -0.381 e. The van der Waals surface area contributed by atoms with Crippen molar-refractivity contribution < 1.29 is 14.5 Å². The van der Waals surface area contributed by atoms with Crippen LogP contribution in [0.2, 0.25) is 0 Å². The topological polar surface area (TPSA) is 72.7 Å². The average molecular weight is 304 g/mol. The van der Waals surface area contributed by atoms with E-state index in [-0.39, 0.29) is 23.6 Å². The molecule has 118 valence electrons. The Morgan fingerprint density at radius 3 is 2.68 bits per heavy atom. The molecule has 1 atom stereocenters. The molecular formula is C16H20N2O4. The van der Waals surface area contributed by atoms with Crippen LogP contribution in [-0.2, 0) is 9.53 Å². The molecule has 3 rings (SSSR count). The summed E-state index contributed by atoms with van der Waals surface area (Å²) in [5.74, 6) is -0.0789. The lowest BCUT2D eigenvalue weighted by Gasteiger charge is -2.31. The Morgan fingerprint density at radius 1 is 1.27 bits per heavy atom. The zero-order valence-electron chi connectivity index (χ0n) is 12.4. The van der Waals surface area contributed by atoms with Gasteiger partial charge in [-0.15, -0.1) is 0 Å². The van der Waals surface area contributed by atoms with Crippen LogP contribution in [0, 0.1) is 16.0 Å². The van der Waals surface area contributed by atoms with E-state index in [9.17, 15) is 14.9 Å². The summed E-state index contributed by atoms with van der Waals surface area (Å²) in [6, 6.07) is 6.55. The summed E-state index contributed by atoms with van der Waals surface area (Å²) in [5, 5.41) is 11.0. The van der Waals surface area contributed by atoms with Gasteiger partial charge in [-0.05, 0) is 25.3 Å². The monoisotopic (exact) mass is 304 g/mol. The maximum absolute atomic E-state index is 12.9. The van der Waals surface area contributed by atoms with E-state index in [2.05, 4.69) is 0 Å². The molecule has 1 aromatic carbocycles. The molecule has 1 saturated carbocycles. The first-order chi connectivity index (χ1) is 10.7. The Balaban J connectivity index is 1.92. The Hall–Kier alpha value is -1.95. The zero-order valence-corrected chi connectivity index (χ0v) is 12.4. The summed E-state index contributed by atoms with van der Waals surface area (Å²) in [5.41, 5.74) is 0.661. The fourth-order valence-electron chi connectivity index (χ4n) is 3.36. The first-order valence-corrected chi connectivity index (χ1v) is 7.82. The third-order valence-corrected chi connectivity index (χ3v) is 4.52.